The zero-order valence-corrected chi connectivity index (χ0v) is 63.4. The summed E-state index contributed by atoms with van der Waals surface area (Å²) in [5, 5.41) is 46.1. The first-order valence-corrected chi connectivity index (χ1v) is 35.2. The number of carbonyl (C=O) groups excluding carboxylic acids is 7. The smallest absolute Gasteiger partial charge is 0.326 e. The second-order valence-corrected chi connectivity index (χ2v) is 27.9. The SMILES string of the molecule is CC1(N)COC1.CC1(N2CCNC2=O)COC1.CC1(N2CCNC2=O)COC1.CC1(NC(=O)NCCCl)COC1.CNC(=O)c1nnc(N2CCN(C3(C)COC3)C2=O)cc1Nc1cccc(-c2ncn(C)n2)c1C.O=C=NCCCl.[2H]C([2H])([2H])NC(=O)c1nnc(Cl)cc1Nc1cccc(-c2ncn(C)n2)c1OC.[HH].[HH].[HH].[HH]. The number of halogens is 3. The van der Waals surface area contributed by atoms with Crippen molar-refractivity contribution < 1.29 is 71.8 Å². The number of anilines is 5. The first kappa shape index (κ1) is 78.4. The number of nitrogens with one attached hydrogen (secondary N) is 8. The summed E-state index contributed by atoms with van der Waals surface area (Å²) in [7, 11) is 6.56. The number of methoxy groups -OCH3 is 1. The standard InChI is InChI=1S/C23H27N9O3.C16H16ClN7O2.C7H13ClN2O2.2C7H12N2O2.C4H9NO.C3H4ClNO.4H2/c1-14-15(20-25-13-30(4)29-20)6-5-7-16(14)26-17-10-18(27-28-19(17)21(33)24-3)31-8-9-32(22(31)34)23(2)11-35-12-23;1-18-16(25)13-11(7-12(17)21-22-13)20-10-6-4-5-9(14(10)26-3)15-19-8-24(2)23-15;1-7(4-12-5-7)10-6(11)9-3-2-8;2*1-7(4-11-5-7)9-3-2-8-6(9)10;1-4(5)2-6-3-4;4-1-2-5-3-6;;;;/h5-7,10,13H,8-9,11-12H2,1-4H3,(H,24,33)(H,26,27);4-8H,1-3H3,(H,18,25)(H,20,21);2-5H2,1H3,(H2,9,10,11);2*2-5H2,1H3,(H,8,10);2-3,5H2,1H3;1-2H2;4*1H/i;1D3;;;;;;;;;. The Bertz CT molecular complexity index is 4200. The van der Waals surface area contributed by atoms with E-state index in [1.54, 1.807) is 58.2 Å². The highest BCUT2D eigenvalue weighted by Crippen LogP contribution is 2.38. The normalized spacial score (nSPS) is 18.6. The number of urea groups is 4. The van der Waals surface area contributed by atoms with Crippen LogP contribution in [0.3, 0.4) is 0 Å². The van der Waals surface area contributed by atoms with E-state index in [9.17, 15) is 33.6 Å². The lowest BCUT2D eigenvalue weighted by Gasteiger charge is -2.44. The third kappa shape index (κ3) is 21.6. The summed E-state index contributed by atoms with van der Waals surface area (Å²) in [6.07, 6.45) is 4.56. The lowest BCUT2D eigenvalue weighted by molar-refractivity contribution is -0.107. The molecule has 588 valence electrons. The molecule has 0 bridgehead atoms. The molecule has 2 aromatic carbocycles. The summed E-state index contributed by atoms with van der Waals surface area (Å²) in [6.45, 7) is 20.8. The molecule has 37 nitrogen and oxygen atoms in total. The molecular weight excluding hydrogens is 1460 g/mol. The van der Waals surface area contributed by atoms with Crippen molar-refractivity contribution in [3.63, 3.8) is 0 Å². The minimum absolute atomic E-state index is 0. The van der Waals surface area contributed by atoms with E-state index < -0.39 is 12.9 Å². The number of aromatic nitrogens is 10. The van der Waals surface area contributed by atoms with Crippen LogP contribution in [0.5, 0.6) is 5.75 Å². The maximum absolute atomic E-state index is 13.2. The molecule has 8 saturated heterocycles. The summed E-state index contributed by atoms with van der Waals surface area (Å²) >= 11 is 16.4. The minimum Gasteiger partial charge on any atom is -0.494 e. The number of rotatable bonds is 18. The fourth-order valence-electron chi connectivity index (χ4n) is 11.2. The summed E-state index contributed by atoms with van der Waals surface area (Å²) < 4.78 is 55.6. The topological polar surface area (TPSA) is 435 Å². The van der Waals surface area contributed by atoms with E-state index in [0.29, 0.717) is 131 Å². The highest BCUT2D eigenvalue weighted by Gasteiger charge is 2.48. The quantitative estimate of drug-likeness (QED) is 0.0312. The zero-order chi connectivity index (χ0) is 80.2. The van der Waals surface area contributed by atoms with Gasteiger partial charge in [0.05, 0.1) is 130 Å². The second-order valence-electron chi connectivity index (χ2n) is 26.8. The van der Waals surface area contributed by atoms with Gasteiger partial charge in [0.25, 0.3) is 11.8 Å². The number of isocyanates is 1. The van der Waals surface area contributed by atoms with Crippen molar-refractivity contribution >= 4 is 105 Å². The number of alkyl halides is 2. The van der Waals surface area contributed by atoms with Crippen LogP contribution in [-0.4, -0.2) is 286 Å². The van der Waals surface area contributed by atoms with Crippen LogP contribution in [0.25, 0.3) is 22.8 Å². The van der Waals surface area contributed by atoms with E-state index in [-0.39, 0.29) is 85.7 Å². The monoisotopic (exact) mass is 1560 g/mol. The number of para-hydroxylation sites is 1. The van der Waals surface area contributed by atoms with Gasteiger partial charge in [-0.25, -0.2) is 38.9 Å². The second kappa shape index (κ2) is 37.7. The highest BCUT2D eigenvalue weighted by molar-refractivity contribution is 6.29. The summed E-state index contributed by atoms with van der Waals surface area (Å²) in [5.74, 6) is 1.34. The van der Waals surface area contributed by atoms with Gasteiger partial charge in [-0.3, -0.25) is 23.9 Å². The van der Waals surface area contributed by atoms with Gasteiger partial charge in [0.1, 0.15) is 12.7 Å². The molecule has 10 N–H and O–H groups in total. The Balaban J connectivity index is 0.000000307. The van der Waals surface area contributed by atoms with Crippen LogP contribution in [0, 0.1) is 6.92 Å². The molecule has 40 heteroatoms. The highest BCUT2D eigenvalue weighted by atomic mass is 35.5. The van der Waals surface area contributed by atoms with E-state index in [2.05, 4.69) is 96.6 Å². The number of benzene rings is 2. The maximum atomic E-state index is 13.2. The van der Waals surface area contributed by atoms with E-state index in [4.69, 9.17) is 73.1 Å². The molecule has 6 aromatic rings. The van der Waals surface area contributed by atoms with Crippen molar-refractivity contribution in [3.05, 3.63) is 83.3 Å². The average Bonchev–Trinajstić information content (AvgIpc) is 1.59. The molecule has 8 fully saturated rings. The average molecular weight is 1560 g/mol. The molecule has 107 heavy (non-hydrogen) atoms. The van der Waals surface area contributed by atoms with Gasteiger partial charge in [0.15, 0.2) is 39.8 Å². The van der Waals surface area contributed by atoms with E-state index in [1.165, 1.54) is 26.3 Å². The first-order chi connectivity index (χ1) is 52.2. The molecule has 0 unspecified atom stereocenters. The summed E-state index contributed by atoms with van der Waals surface area (Å²) in [4.78, 5) is 99.5. The first-order valence-electron chi connectivity index (χ1n) is 35.3. The number of ether oxygens (including phenoxy) is 6. The fourth-order valence-corrected chi connectivity index (χ4v) is 11.5. The van der Waals surface area contributed by atoms with Crippen LogP contribution in [-0.2, 0) is 42.6 Å². The van der Waals surface area contributed by atoms with Gasteiger partial charge < -0.3 is 91.4 Å². The number of aliphatic imine (C=N–C) groups is 1. The minimum atomic E-state index is -2.68. The fraction of sp³-hybridized carbons (Fsp3) is 0.537. The Morgan fingerprint density at radius 3 is 1.63 bits per heavy atom. The Labute approximate surface area is 643 Å². The van der Waals surface area contributed by atoms with Gasteiger partial charge in [-0.15, -0.1) is 43.6 Å². The van der Waals surface area contributed by atoms with E-state index in [0.717, 1.165) is 56.2 Å². The molecule has 8 aliphatic rings. The predicted octanol–water partition coefficient (Wildman–Crippen LogP) is 4.95. The van der Waals surface area contributed by atoms with Crippen LogP contribution in [0.1, 0.15) is 71.0 Å². The number of hydrogen-bond acceptors (Lipinski definition) is 25. The summed E-state index contributed by atoms with van der Waals surface area (Å²) in [6, 6.07) is 13.8. The van der Waals surface area contributed by atoms with Gasteiger partial charge in [-0.2, -0.15) is 10.2 Å². The molecule has 8 aliphatic heterocycles. The number of carbonyl (C=O) groups is 6. The molecule has 14 rings (SSSR count). The Morgan fingerprint density at radius 1 is 0.682 bits per heavy atom. The van der Waals surface area contributed by atoms with Crippen LogP contribution in [0.15, 0.2) is 66.2 Å². The molecular formula is C67H101Cl3N24O13. The Hall–Kier alpha value is -9.69. The summed E-state index contributed by atoms with van der Waals surface area (Å²) in [5.41, 5.74) is 9.02. The van der Waals surface area contributed by atoms with Crippen molar-refractivity contribution in [1.82, 2.24) is 96.5 Å². The third-order valence-corrected chi connectivity index (χ3v) is 17.8. The number of hydrogen-bond donors (Lipinski definition) is 9. The van der Waals surface area contributed by atoms with Crippen LogP contribution >= 0.6 is 34.8 Å². The van der Waals surface area contributed by atoms with Crippen LogP contribution < -0.4 is 57.9 Å². The van der Waals surface area contributed by atoms with E-state index >= 15 is 0 Å². The van der Waals surface area contributed by atoms with Crippen molar-refractivity contribution in [2.45, 2.75) is 69.2 Å². The number of amides is 10. The lowest BCUT2D eigenvalue weighted by atomic mass is 9.99. The number of nitrogens with zero attached hydrogens (tertiary/aromatic N) is 15. The predicted molar refractivity (Wildman–Crippen MR) is 406 cm³/mol. The number of aryl methyl sites for hydroxylation is 2. The molecule has 12 heterocycles. The van der Waals surface area contributed by atoms with Crippen LogP contribution in [0.4, 0.5) is 47.7 Å². The van der Waals surface area contributed by atoms with Gasteiger partial charge in [0, 0.05) is 119 Å². The van der Waals surface area contributed by atoms with Crippen molar-refractivity contribution in [2.24, 2.45) is 24.8 Å². The molecule has 0 atom stereocenters. The molecule has 4 aromatic heterocycles. The molecule has 10 amide bonds. The van der Waals surface area contributed by atoms with Crippen molar-refractivity contribution in [1.29, 1.82) is 0 Å². The lowest BCUT2D eigenvalue weighted by Crippen LogP contribution is -2.61. The Morgan fingerprint density at radius 2 is 1.19 bits per heavy atom. The van der Waals surface area contributed by atoms with Gasteiger partial charge in [0.2, 0.25) is 6.08 Å². The zero-order valence-electron chi connectivity index (χ0n) is 64.1. The van der Waals surface area contributed by atoms with Crippen molar-refractivity contribution in [2.75, 3.05) is 167 Å². The maximum Gasteiger partial charge on any atom is 0.326 e. The molecule has 0 aliphatic carbocycles. The molecule has 0 radical (unpaired) electrons. The van der Waals surface area contributed by atoms with Crippen LogP contribution in [0.2, 0.25) is 5.15 Å². The van der Waals surface area contributed by atoms with Gasteiger partial charge >= 0.3 is 24.1 Å². The van der Waals surface area contributed by atoms with Gasteiger partial charge in [-0.05, 0) is 65.3 Å². The number of nitrogens with two attached hydrogens (primary N) is 1. The van der Waals surface area contributed by atoms with E-state index in [1.807, 2.05) is 73.0 Å². The molecule has 0 spiro atoms. The van der Waals surface area contributed by atoms with Crippen molar-refractivity contribution in [3.8, 4) is 28.5 Å². The van der Waals surface area contributed by atoms with Gasteiger partial charge in [-0.1, -0.05) is 29.8 Å². The third-order valence-electron chi connectivity index (χ3n) is 17.3. The Kier molecular flexibility index (Phi) is 27.6. The largest absolute Gasteiger partial charge is 0.494 e. The molecule has 0 saturated carbocycles.